The van der Waals surface area contributed by atoms with E-state index in [0.717, 1.165) is 19.3 Å². The van der Waals surface area contributed by atoms with Gasteiger partial charge in [-0.2, -0.15) is 0 Å². The lowest BCUT2D eigenvalue weighted by Gasteiger charge is -2.25. The van der Waals surface area contributed by atoms with Crippen LogP contribution in [0.2, 0.25) is 0 Å². The molecule has 0 fully saturated rings. The van der Waals surface area contributed by atoms with Gasteiger partial charge in [-0.1, -0.05) is 32.9 Å². The van der Waals surface area contributed by atoms with Crippen LogP contribution in [0, 0.1) is 11.3 Å². The van der Waals surface area contributed by atoms with Gasteiger partial charge in [0.15, 0.2) is 0 Å². The molecule has 1 aliphatic carbocycles. The summed E-state index contributed by atoms with van der Waals surface area (Å²) in [7, 11) is 0. The Morgan fingerprint density at radius 1 is 1.44 bits per heavy atom. The zero-order valence-electron chi connectivity index (χ0n) is 10.6. The zero-order chi connectivity index (χ0) is 12.2. The number of rotatable bonds is 4. The van der Waals surface area contributed by atoms with Gasteiger partial charge in [0, 0.05) is 12.6 Å². The van der Waals surface area contributed by atoms with Gasteiger partial charge in [-0.15, -0.1) is 0 Å². The van der Waals surface area contributed by atoms with E-state index in [1.807, 2.05) is 0 Å². The lowest BCUT2D eigenvalue weighted by Crippen LogP contribution is -2.41. The molecule has 1 aliphatic rings. The zero-order valence-corrected chi connectivity index (χ0v) is 10.6. The molecule has 0 aromatic heterocycles. The molecular formula is C13H24N2O. The summed E-state index contributed by atoms with van der Waals surface area (Å²) in [5.41, 5.74) is 5.83. The molecule has 3 nitrogen and oxygen atoms in total. The molecule has 1 amide bonds. The van der Waals surface area contributed by atoms with Gasteiger partial charge in [-0.25, -0.2) is 0 Å². The third-order valence-electron chi connectivity index (χ3n) is 2.87. The molecule has 1 atom stereocenters. The number of nitrogens with two attached hydrogens (primary N) is 1. The van der Waals surface area contributed by atoms with Crippen molar-refractivity contribution in [3.63, 3.8) is 0 Å². The maximum atomic E-state index is 12.0. The first-order valence-corrected chi connectivity index (χ1v) is 6.08. The van der Waals surface area contributed by atoms with Crippen LogP contribution in [0.1, 0.15) is 40.0 Å². The summed E-state index contributed by atoms with van der Waals surface area (Å²) in [5.74, 6) is 0.0618. The first kappa shape index (κ1) is 13.2. The second kappa shape index (κ2) is 5.48. The highest BCUT2D eigenvalue weighted by molar-refractivity contribution is 5.79. The van der Waals surface area contributed by atoms with Crippen molar-refractivity contribution in [1.82, 2.24) is 5.32 Å². The minimum Gasteiger partial charge on any atom is -0.352 e. The normalized spacial score (nSPS) is 18.8. The van der Waals surface area contributed by atoms with E-state index in [4.69, 9.17) is 5.73 Å². The van der Waals surface area contributed by atoms with Crippen molar-refractivity contribution in [2.24, 2.45) is 17.1 Å². The number of hydrogen-bond acceptors (Lipinski definition) is 2. The molecule has 1 unspecified atom stereocenters. The van der Waals surface area contributed by atoms with Gasteiger partial charge in [0.05, 0.1) is 5.92 Å². The van der Waals surface area contributed by atoms with E-state index in [2.05, 4.69) is 38.2 Å². The van der Waals surface area contributed by atoms with Gasteiger partial charge in [0.25, 0.3) is 0 Å². The van der Waals surface area contributed by atoms with Gasteiger partial charge in [-0.05, 0) is 24.7 Å². The molecule has 3 N–H and O–H groups in total. The van der Waals surface area contributed by atoms with Crippen molar-refractivity contribution in [2.45, 2.75) is 46.1 Å². The summed E-state index contributed by atoms with van der Waals surface area (Å²) in [5, 5.41) is 3.07. The molecule has 0 saturated carbocycles. The molecule has 0 spiro atoms. The van der Waals surface area contributed by atoms with E-state index in [9.17, 15) is 4.79 Å². The quantitative estimate of drug-likeness (QED) is 0.716. The summed E-state index contributed by atoms with van der Waals surface area (Å²) >= 11 is 0. The fraction of sp³-hybridized carbons (Fsp3) is 0.769. The van der Waals surface area contributed by atoms with E-state index in [0.29, 0.717) is 12.6 Å². The molecule has 16 heavy (non-hydrogen) atoms. The van der Waals surface area contributed by atoms with Crippen molar-refractivity contribution < 1.29 is 4.79 Å². The largest absolute Gasteiger partial charge is 0.352 e. The topological polar surface area (TPSA) is 55.1 Å². The Morgan fingerprint density at radius 3 is 2.44 bits per heavy atom. The van der Waals surface area contributed by atoms with E-state index < -0.39 is 0 Å². The van der Waals surface area contributed by atoms with Crippen LogP contribution < -0.4 is 11.1 Å². The Labute approximate surface area is 98.5 Å². The fourth-order valence-corrected chi connectivity index (χ4v) is 2.08. The molecule has 0 heterocycles. The van der Waals surface area contributed by atoms with Gasteiger partial charge in [0.2, 0.25) is 5.91 Å². The highest BCUT2D eigenvalue weighted by atomic mass is 16.1. The number of nitrogens with one attached hydrogen (secondary N) is 1. The number of carbonyl (C=O) groups is 1. The third-order valence-corrected chi connectivity index (χ3v) is 2.87. The van der Waals surface area contributed by atoms with Crippen LogP contribution in [0.25, 0.3) is 0 Å². The maximum Gasteiger partial charge on any atom is 0.224 e. The molecule has 0 aliphatic heterocycles. The smallest absolute Gasteiger partial charge is 0.224 e. The van der Waals surface area contributed by atoms with Crippen LogP contribution in [-0.4, -0.2) is 18.5 Å². The summed E-state index contributed by atoms with van der Waals surface area (Å²) in [4.78, 5) is 12.0. The average Bonchev–Trinajstić information content (AvgIpc) is 2.65. The average molecular weight is 224 g/mol. The summed E-state index contributed by atoms with van der Waals surface area (Å²) in [6, 6.07) is 0.293. The van der Waals surface area contributed by atoms with Crippen molar-refractivity contribution in [3.05, 3.63) is 12.2 Å². The number of amides is 1. The van der Waals surface area contributed by atoms with Crippen LogP contribution in [-0.2, 0) is 4.79 Å². The van der Waals surface area contributed by atoms with Gasteiger partial charge in [-0.3, -0.25) is 4.79 Å². The number of hydrogen-bond donors (Lipinski definition) is 2. The summed E-state index contributed by atoms with van der Waals surface area (Å²) in [6.07, 6.45) is 6.99. The molecular weight excluding hydrogens is 200 g/mol. The molecule has 0 radical (unpaired) electrons. The first-order chi connectivity index (χ1) is 7.42. The van der Waals surface area contributed by atoms with Gasteiger partial charge < -0.3 is 11.1 Å². The van der Waals surface area contributed by atoms with Crippen LogP contribution in [0.3, 0.4) is 0 Å². The Hall–Kier alpha value is -0.830. The van der Waals surface area contributed by atoms with Gasteiger partial charge in [0.1, 0.15) is 0 Å². The van der Waals surface area contributed by atoms with Crippen molar-refractivity contribution in [1.29, 1.82) is 0 Å². The van der Waals surface area contributed by atoms with Crippen LogP contribution >= 0.6 is 0 Å². The van der Waals surface area contributed by atoms with E-state index in [-0.39, 0.29) is 17.2 Å². The van der Waals surface area contributed by atoms with Crippen molar-refractivity contribution in [3.8, 4) is 0 Å². The Bertz CT molecular complexity index is 258. The SMILES string of the molecule is CC(C)(C)CC(CN)C(=O)NC1CC=CC1. The van der Waals surface area contributed by atoms with Crippen LogP contribution in [0.5, 0.6) is 0 Å². The predicted octanol–water partition coefficient (Wildman–Crippen LogP) is 1.83. The molecule has 1 rings (SSSR count). The van der Waals surface area contributed by atoms with E-state index in [1.165, 1.54) is 0 Å². The highest BCUT2D eigenvalue weighted by Crippen LogP contribution is 2.24. The second-order valence-corrected chi connectivity index (χ2v) is 5.85. The Kier molecular flexibility index (Phi) is 4.54. The predicted molar refractivity (Wildman–Crippen MR) is 66.9 cm³/mol. The molecule has 92 valence electrons. The molecule has 3 heteroatoms. The first-order valence-electron chi connectivity index (χ1n) is 6.08. The number of carbonyl (C=O) groups excluding carboxylic acids is 1. The minimum absolute atomic E-state index is 0.0550. The Balaban J connectivity index is 2.42. The van der Waals surface area contributed by atoms with Crippen LogP contribution in [0.4, 0.5) is 0 Å². The molecule has 0 bridgehead atoms. The van der Waals surface area contributed by atoms with Crippen molar-refractivity contribution >= 4 is 5.91 Å². The maximum absolute atomic E-state index is 12.0. The standard InChI is InChI=1S/C13H24N2O/c1-13(2,3)8-10(9-14)12(16)15-11-6-4-5-7-11/h4-5,10-11H,6-9,14H2,1-3H3,(H,15,16). The van der Waals surface area contributed by atoms with Crippen LogP contribution in [0.15, 0.2) is 12.2 Å². The lowest BCUT2D eigenvalue weighted by molar-refractivity contribution is -0.126. The molecule has 0 aromatic carbocycles. The Morgan fingerprint density at radius 2 is 2.00 bits per heavy atom. The van der Waals surface area contributed by atoms with E-state index in [1.54, 1.807) is 0 Å². The highest BCUT2D eigenvalue weighted by Gasteiger charge is 2.25. The lowest BCUT2D eigenvalue weighted by atomic mass is 9.84. The van der Waals surface area contributed by atoms with E-state index >= 15 is 0 Å². The summed E-state index contributed by atoms with van der Waals surface area (Å²) in [6.45, 7) is 6.85. The van der Waals surface area contributed by atoms with Gasteiger partial charge >= 0.3 is 0 Å². The molecule has 0 aromatic rings. The monoisotopic (exact) mass is 224 g/mol. The fourth-order valence-electron chi connectivity index (χ4n) is 2.08. The summed E-state index contributed by atoms with van der Waals surface area (Å²) < 4.78 is 0. The van der Waals surface area contributed by atoms with Crippen molar-refractivity contribution in [2.75, 3.05) is 6.54 Å². The second-order valence-electron chi connectivity index (χ2n) is 5.85. The molecule has 0 saturated heterocycles. The minimum atomic E-state index is -0.0550. The third kappa shape index (κ3) is 4.35.